The molecule has 0 amide bonds. The fourth-order valence-electron chi connectivity index (χ4n) is 8.22. The zero-order valence-corrected chi connectivity index (χ0v) is 24.8. The minimum Gasteiger partial charge on any atom is -0.462 e. The lowest BCUT2D eigenvalue weighted by Crippen LogP contribution is -2.57. The van der Waals surface area contributed by atoms with Gasteiger partial charge in [0.05, 0.1) is 23.2 Å². The Labute approximate surface area is 236 Å². The predicted molar refractivity (Wildman–Crippen MR) is 155 cm³/mol. The van der Waals surface area contributed by atoms with Gasteiger partial charge < -0.3 is 4.74 Å². The number of ether oxygens (including phenoxy) is 1. The topological polar surface area (TPSA) is 77.5 Å². The zero-order valence-electron chi connectivity index (χ0n) is 24.8. The van der Waals surface area contributed by atoms with E-state index in [1.54, 1.807) is 13.0 Å². The van der Waals surface area contributed by atoms with E-state index in [2.05, 4.69) is 13.8 Å². The molecule has 0 saturated carbocycles. The zero-order chi connectivity index (χ0) is 29.4. The lowest BCUT2D eigenvalue weighted by atomic mass is 9.42. The van der Waals surface area contributed by atoms with Crippen molar-refractivity contribution >= 4 is 23.3 Å². The van der Waals surface area contributed by atoms with Crippen molar-refractivity contribution in [1.82, 2.24) is 0 Å². The fraction of sp³-hybridized carbons (Fsp3) is 0.429. The number of allylic oxidation sites excluding steroid dienone is 4. The van der Waals surface area contributed by atoms with Crippen LogP contribution in [0.5, 0.6) is 0 Å². The van der Waals surface area contributed by atoms with Gasteiger partial charge in [-0.25, -0.2) is 4.79 Å². The van der Waals surface area contributed by atoms with Crippen LogP contribution in [0.2, 0.25) is 0 Å². The van der Waals surface area contributed by atoms with Gasteiger partial charge in [0.2, 0.25) is 0 Å². The molecule has 0 radical (unpaired) electrons. The van der Waals surface area contributed by atoms with Gasteiger partial charge in [-0.1, -0.05) is 49.3 Å². The molecule has 0 heterocycles. The van der Waals surface area contributed by atoms with Crippen molar-refractivity contribution in [2.24, 2.45) is 16.2 Å². The summed E-state index contributed by atoms with van der Waals surface area (Å²) in [5.74, 6) is -0.765. The average Bonchev–Trinajstić information content (AvgIpc) is 2.86. The maximum absolute atomic E-state index is 14.5. The highest BCUT2D eigenvalue weighted by Crippen LogP contribution is 2.66. The standard InChI is InChI=1S/C35H38O5/c1-9-40-32(39)24-12-10-11-23(15-24)25-14-13-19(2)28-26(25)17-33(6)18-34(7)16-20(3)27(22(5)36)31(38)35(34,8)21(4)29(33)30(28)37/h10-15H,9,16-18H2,1-8H3. The Morgan fingerprint density at radius 2 is 1.68 bits per heavy atom. The molecule has 0 fully saturated rings. The summed E-state index contributed by atoms with van der Waals surface area (Å²) < 4.78 is 5.23. The number of hydrogen-bond donors (Lipinski definition) is 0. The first-order valence-electron chi connectivity index (χ1n) is 14.1. The number of Topliss-reactive ketones (excluding diaryl/α,β-unsaturated/α-hetero) is 3. The molecule has 3 unspecified atom stereocenters. The maximum Gasteiger partial charge on any atom is 0.338 e. The molecular formula is C35H38O5. The molecule has 2 aromatic rings. The molecule has 3 aliphatic carbocycles. The maximum atomic E-state index is 14.5. The molecule has 0 saturated heterocycles. The number of esters is 1. The second kappa shape index (κ2) is 9.22. The number of ketones is 3. The fourth-order valence-corrected chi connectivity index (χ4v) is 8.22. The van der Waals surface area contributed by atoms with E-state index in [1.807, 2.05) is 58.0 Å². The van der Waals surface area contributed by atoms with Crippen LogP contribution in [-0.4, -0.2) is 29.9 Å². The van der Waals surface area contributed by atoms with Gasteiger partial charge in [0.25, 0.3) is 0 Å². The smallest absolute Gasteiger partial charge is 0.338 e. The Bertz CT molecular complexity index is 1590. The van der Waals surface area contributed by atoms with Gasteiger partial charge >= 0.3 is 5.97 Å². The van der Waals surface area contributed by atoms with Crippen LogP contribution in [0.25, 0.3) is 11.1 Å². The van der Waals surface area contributed by atoms with Gasteiger partial charge in [-0.3, -0.25) is 14.4 Å². The second-order valence-electron chi connectivity index (χ2n) is 12.7. The lowest BCUT2D eigenvalue weighted by molar-refractivity contribution is -0.134. The molecule has 3 aliphatic rings. The van der Waals surface area contributed by atoms with Crippen molar-refractivity contribution in [3.8, 4) is 11.1 Å². The van der Waals surface area contributed by atoms with Crippen LogP contribution >= 0.6 is 0 Å². The van der Waals surface area contributed by atoms with E-state index in [-0.39, 0.29) is 23.3 Å². The number of aryl methyl sites for hydroxylation is 1. The van der Waals surface area contributed by atoms with Gasteiger partial charge in [0, 0.05) is 16.6 Å². The van der Waals surface area contributed by atoms with Crippen molar-refractivity contribution in [2.45, 2.75) is 74.7 Å². The van der Waals surface area contributed by atoms with Crippen molar-refractivity contribution < 1.29 is 23.9 Å². The van der Waals surface area contributed by atoms with Crippen LogP contribution in [0.4, 0.5) is 0 Å². The van der Waals surface area contributed by atoms with Gasteiger partial charge in [0.15, 0.2) is 17.3 Å². The van der Waals surface area contributed by atoms with E-state index >= 15 is 0 Å². The van der Waals surface area contributed by atoms with E-state index in [4.69, 9.17) is 4.74 Å². The Balaban J connectivity index is 1.72. The van der Waals surface area contributed by atoms with Crippen molar-refractivity contribution in [3.05, 3.63) is 80.9 Å². The van der Waals surface area contributed by atoms with E-state index in [0.29, 0.717) is 42.6 Å². The first-order chi connectivity index (χ1) is 18.7. The molecule has 40 heavy (non-hydrogen) atoms. The number of rotatable bonds is 4. The van der Waals surface area contributed by atoms with Gasteiger partial charge in [0.1, 0.15) is 0 Å². The van der Waals surface area contributed by atoms with Gasteiger partial charge in [-0.2, -0.15) is 0 Å². The summed E-state index contributed by atoms with van der Waals surface area (Å²) in [7, 11) is 0. The number of carbonyl (C=O) groups is 4. The number of fused-ring (bicyclic) bond motifs is 3. The first-order valence-corrected chi connectivity index (χ1v) is 14.1. The molecule has 0 spiro atoms. The van der Waals surface area contributed by atoms with Crippen LogP contribution in [0.15, 0.2) is 58.7 Å². The van der Waals surface area contributed by atoms with Crippen molar-refractivity contribution in [3.63, 3.8) is 0 Å². The summed E-state index contributed by atoms with van der Waals surface area (Å²) in [6.45, 7) is 15.6. The van der Waals surface area contributed by atoms with Crippen LogP contribution in [0.3, 0.4) is 0 Å². The number of hydrogen-bond acceptors (Lipinski definition) is 5. The molecule has 208 valence electrons. The molecule has 0 N–H and O–H groups in total. The highest BCUT2D eigenvalue weighted by Gasteiger charge is 2.63. The molecule has 5 heteroatoms. The third kappa shape index (κ3) is 3.73. The van der Waals surface area contributed by atoms with E-state index in [9.17, 15) is 19.2 Å². The summed E-state index contributed by atoms with van der Waals surface area (Å²) in [5, 5.41) is 0. The molecule has 3 atom stereocenters. The van der Waals surface area contributed by atoms with Crippen molar-refractivity contribution in [2.75, 3.05) is 6.61 Å². The predicted octanol–water partition coefficient (Wildman–Crippen LogP) is 7.19. The quantitative estimate of drug-likeness (QED) is 0.304. The molecule has 0 bridgehead atoms. The van der Waals surface area contributed by atoms with Crippen LogP contribution in [-0.2, 0) is 20.7 Å². The Kier molecular flexibility index (Phi) is 6.44. The second-order valence-corrected chi connectivity index (χ2v) is 12.7. The molecule has 0 aliphatic heterocycles. The Morgan fingerprint density at radius 3 is 2.33 bits per heavy atom. The third-order valence-corrected chi connectivity index (χ3v) is 10.1. The number of benzene rings is 2. The molecule has 5 nitrogen and oxygen atoms in total. The highest BCUT2D eigenvalue weighted by molar-refractivity contribution is 6.24. The summed E-state index contributed by atoms with van der Waals surface area (Å²) >= 11 is 0. The number of carbonyl (C=O) groups excluding carboxylic acids is 4. The summed E-state index contributed by atoms with van der Waals surface area (Å²) in [6, 6.07) is 11.4. The Morgan fingerprint density at radius 1 is 0.975 bits per heavy atom. The third-order valence-electron chi connectivity index (χ3n) is 10.1. The van der Waals surface area contributed by atoms with E-state index < -0.39 is 16.2 Å². The van der Waals surface area contributed by atoms with Gasteiger partial charge in [-0.05, 0) is 101 Å². The van der Waals surface area contributed by atoms with Crippen LogP contribution in [0, 0.1) is 23.2 Å². The average molecular weight is 539 g/mol. The minimum atomic E-state index is -0.936. The summed E-state index contributed by atoms with van der Waals surface area (Å²) in [6.07, 6.45) is 1.93. The van der Waals surface area contributed by atoms with Crippen molar-refractivity contribution in [1.29, 1.82) is 0 Å². The summed E-state index contributed by atoms with van der Waals surface area (Å²) in [4.78, 5) is 53.6. The monoisotopic (exact) mass is 538 g/mol. The molecular weight excluding hydrogens is 500 g/mol. The lowest BCUT2D eigenvalue weighted by Gasteiger charge is -2.59. The van der Waals surface area contributed by atoms with Crippen LogP contribution in [0.1, 0.15) is 93.2 Å². The van der Waals surface area contributed by atoms with Crippen LogP contribution < -0.4 is 0 Å². The molecule has 0 aromatic heterocycles. The van der Waals surface area contributed by atoms with E-state index in [0.717, 1.165) is 39.0 Å². The highest BCUT2D eigenvalue weighted by atomic mass is 16.5. The van der Waals surface area contributed by atoms with Gasteiger partial charge in [-0.15, -0.1) is 0 Å². The normalized spacial score (nSPS) is 27.7. The molecule has 5 rings (SSSR count). The first kappa shape index (κ1) is 27.9. The summed E-state index contributed by atoms with van der Waals surface area (Å²) in [5.41, 5.74) is 5.62. The molecule has 2 aromatic carbocycles. The minimum absolute atomic E-state index is 0.0335. The largest absolute Gasteiger partial charge is 0.462 e. The van der Waals surface area contributed by atoms with E-state index in [1.165, 1.54) is 6.92 Å². The SMILES string of the molecule is CCOC(=O)c1cccc(-c2ccc(C)c3c2CC2(C)CC4(C)CC(C)=C(C(C)=O)C(=O)C4(C)C(C)=C2C3=O)c1. The Hall–Kier alpha value is -3.60.